The fourth-order valence-corrected chi connectivity index (χ4v) is 4.13. The van der Waals surface area contributed by atoms with Crippen molar-refractivity contribution in [3.8, 4) is 5.69 Å². The molecule has 1 aliphatic carbocycles. The number of halogens is 3. The van der Waals surface area contributed by atoms with E-state index in [9.17, 15) is 4.79 Å². The molecule has 0 atom stereocenters. The van der Waals surface area contributed by atoms with Gasteiger partial charge in [-0.2, -0.15) is 5.10 Å². The van der Waals surface area contributed by atoms with Crippen molar-refractivity contribution in [3.63, 3.8) is 0 Å². The third-order valence-corrected chi connectivity index (χ3v) is 6.50. The van der Waals surface area contributed by atoms with Crippen LogP contribution in [0.15, 0.2) is 29.3 Å². The standard InChI is InChI=1S/C19H18BrCl2N5O3/c20-13-7-12-14(27-10-23-9-24-27)8-15(25-19(12)18(22)17(13)21)26(11-1-2-11)4-6-30-5-3-16(28)29/h7-11H,1-6H2,(H,28,29). The molecule has 0 bridgehead atoms. The van der Waals surface area contributed by atoms with Crippen molar-refractivity contribution >= 4 is 61.8 Å². The van der Waals surface area contributed by atoms with Crippen LogP contribution in [0.3, 0.4) is 0 Å². The first-order chi connectivity index (χ1) is 14.5. The molecule has 4 rings (SSSR count). The number of carbonyl (C=O) groups is 1. The van der Waals surface area contributed by atoms with Crippen molar-refractivity contribution in [3.05, 3.63) is 39.3 Å². The van der Waals surface area contributed by atoms with Gasteiger partial charge in [0.05, 0.1) is 40.9 Å². The molecule has 2 aromatic heterocycles. The second kappa shape index (κ2) is 9.05. The zero-order chi connectivity index (χ0) is 21.3. The number of nitrogens with zero attached hydrogens (tertiary/aromatic N) is 5. The number of anilines is 1. The van der Waals surface area contributed by atoms with Crippen LogP contribution in [0, 0.1) is 0 Å². The Hall–Kier alpha value is -1.94. The highest BCUT2D eigenvalue weighted by Crippen LogP contribution is 2.40. The van der Waals surface area contributed by atoms with E-state index in [0.717, 1.165) is 29.7 Å². The third kappa shape index (κ3) is 4.54. The molecule has 0 saturated heterocycles. The predicted molar refractivity (Wildman–Crippen MR) is 118 cm³/mol. The molecule has 2 heterocycles. The summed E-state index contributed by atoms with van der Waals surface area (Å²) in [5.41, 5.74) is 1.36. The first-order valence-corrected chi connectivity index (χ1v) is 10.9. The number of pyridine rings is 1. The number of hydrogen-bond acceptors (Lipinski definition) is 6. The van der Waals surface area contributed by atoms with Crippen LogP contribution in [0.4, 0.5) is 5.82 Å². The number of ether oxygens (including phenoxy) is 1. The number of rotatable bonds is 9. The maximum Gasteiger partial charge on any atom is 0.305 e. The lowest BCUT2D eigenvalue weighted by Crippen LogP contribution is -2.31. The highest BCUT2D eigenvalue weighted by Gasteiger charge is 2.31. The highest BCUT2D eigenvalue weighted by molar-refractivity contribution is 9.10. The smallest absolute Gasteiger partial charge is 0.305 e. The fraction of sp³-hybridized carbons (Fsp3) is 0.368. The van der Waals surface area contributed by atoms with Crippen LogP contribution in [-0.2, 0) is 9.53 Å². The van der Waals surface area contributed by atoms with Gasteiger partial charge < -0.3 is 14.7 Å². The van der Waals surface area contributed by atoms with E-state index in [2.05, 4.69) is 30.9 Å². The Kier molecular flexibility index (Phi) is 6.43. The van der Waals surface area contributed by atoms with E-state index in [-0.39, 0.29) is 13.0 Å². The van der Waals surface area contributed by atoms with Gasteiger partial charge in [0.1, 0.15) is 18.5 Å². The molecule has 11 heteroatoms. The third-order valence-electron chi connectivity index (χ3n) is 4.79. The topological polar surface area (TPSA) is 93.4 Å². The van der Waals surface area contributed by atoms with Gasteiger partial charge in [0.15, 0.2) is 0 Å². The van der Waals surface area contributed by atoms with E-state index >= 15 is 0 Å². The van der Waals surface area contributed by atoms with Crippen molar-refractivity contribution in [2.24, 2.45) is 0 Å². The molecule has 0 amide bonds. The van der Waals surface area contributed by atoms with Gasteiger partial charge in [-0.05, 0) is 34.8 Å². The lowest BCUT2D eigenvalue weighted by molar-refractivity contribution is -0.138. The van der Waals surface area contributed by atoms with Gasteiger partial charge in [-0.1, -0.05) is 23.2 Å². The summed E-state index contributed by atoms with van der Waals surface area (Å²) in [7, 11) is 0. The average molecular weight is 515 g/mol. The summed E-state index contributed by atoms with van der Waals surface area (Å²) in [5, 5.41) is 14.6. The molecule has 0 unspecified atom stereocenters. The Morgan fingerprint density at radius 3 is 2.77 bits per heavy atom. The fourth-order valence-electron chi connectivity index (χ4n) is 3.20. The van der Waals surface area contributed by atoms with Crippen LogP contribution in [0.25, 0.3) is 16.6 Å². The van der Waals surface area contributed by atoms with Crippen molar-refractivity contribution in [2.45, 2.75) is 25.3 Å². The zero-order valence-electron chi connectivity index (χ0n) is 15.8. The summed E-state index contributed by atoms with van der Waals surface area (Å²) in [5.74, 6) is -0.141. The summed E-state index contributed by atoms with van der Waals surface area (Å²) in [6, 6.07) is 4.17. The van der Waals surface area contributed by atoms with Gasteiger partial charge in [0, 0.05) is 28.5 Å². The number of aliphatic carboxylic acids is 1. The van der Waals surface area contributed by atoms with E-state index < -0.39 is 5.97 Å². The number of aromatic nitrogens is 4. The maximum atomic E-state index is 10.7. The van der Waals surface area contributed by atoms with E-state index in [1.165, 1.54) is 6.33 Å². The van der Waals surface area contributed by atoms with Gasteiger partial charge >= 0.3 is 5.97 Å². The lowest BCUT2D eigenvalue weighted by atomic mass is 10.1. The van der Waals surface area contributed by atoms with Gasteiger partial charge in [0.2, 0.25) is 0 Å². The number of benzene rings is 1. The first-order valence-electron chi connectivity index (χ1n) is 9.35. The largest absolute Gasteiger partial charge is 0.481 e. The van der Waals surface area contributed by atoms with Gasteiger partial charge in [-0.25, -0.2) is 14.6 Å². The van der Waals surface area contributed by atoms with E-state index in [4.69, 9.17) is 38.0 Å². The average Bonchev–Trinajstić information content (AvgIpc) is 3.41. The van der Waals surface area contributed by atoms with E-state index in [1.54, 1.807) is 11.0 Å². The molecular weight excluding hydrogens is 497 g/mol. The number of hydrogen-bond donors (Lipinski definition) is 1. The molecule has 8 nitrogen and oxygen atoms in total. The van der Waals surface area contributed by atoms with E-state index in [0.29, 0.717) is 39.2 Å². The molecule has 3 aromatic rings. The summed E-state index contributed by atoms with van der Waals surface area (Å²) in [4.78, 5) is 21.7. The van der Waals surface area contributed by atoms with Crippen molar-refractivity contribution < 1.29 is 14.6 Å². The Bertz CT molecular complexity index is 1080. The van der Waals surface area contributed by atoms with Gasteiger partial charge in [-0.15, -0.1) is 0 Å². The van der Waals surface area contributed by atoms with Crippen molar-refractivity contribution in [1.29, 1.82) is 0 Å². The minimum atomic E-state index is -0.875. The molecular formula is C19H18BrCl2N5O3. The molecule has 1 fully saturated rings. The van der Waals surface area contributed by atoms with Crippen LogP contribution in [0.2, 0.25) is 10.0 Å². The Balaban J connectivity index is 1.71. The summed E-state index contributed by atoms with van der Waals surface area (Å²) in [6.45, 7) is 1.16. The normalized spacial score (nSPS) is 13.7. The molecule has 30 heavy (non-hydrogen) atoms. The molecule has 0 radical (unpaired) electrons. The van der Waals surface area contributed by atoms with Gasteiger partial charge in [0.25, 0.3) is 0 Å². The molecule has 1 saturated carbocycles. The van der Waals surface area contributed by atoms with Crippen LogP contribution in [0.5, 0.6) is 0 Å². The second-order valence-corrected chi connectivity index (χ2v) is 8.51. The van der Waals surface area contributed by atoms with E-state index in [1.807, 2.05) is 12.1 Å². The van der Waals surface area contributed by atoms with Crippen molar-refractivity contribution in [1.82, 2.24) is 19.7 Å². The van der Waals surface area contributed by atoms with Crippen LogP contribution in [-0.4, -0.2) is 56.6 Å². The molecule has 0 spiro atoms. The maximum absolute atomic E-state index is 10.7. The Morgan fingerprint density at radius 2 is 2.10 bits per heavy atom. The number of carboxylic acid groups (broad SMARTS) is 1. The van der Waals surface area contributed by atoms with Gasteiger partial charge in [-0.3, -0.25) is 4.79 Å². The monoisotopic (exact) mass is 513 g/mol. The zero-order valence-corrected chi connectivity index (χ0v) is 18.9. The van der Waals surface area contributed by atoms with Crippen LogP contribution in [0.1, 0.15) is 19.3 Å². The Labute approximate surface area is 190 Å². The molecule has 1 aromatic carbocycles. The highest BCUT2D eigenvalue weighted by atomic mass is 79.9. The molecule has 158 valence electrons. The number of carboxylic acids is 1. The number of fused-ring (bicyclic) bond motifs is 1. The van der Waals surface area contributed by atoms with Crippen LogP contribution >= 0.6 is 39.1 Å². The minimum Gasteiger partial charge on any atom is -0.481 e. The molecule has 1 N–H and O–H groups in total. The van der Waals surface area contributed by atoms with Crippen molar-refractivity contribution in [2.75, 3.05) is 24.7 Å². The summed E-state index contributed by atoms with van der Waals surface area (Å²) < 4.78 is 7.83. The predicted octanol–water partition coefficient (Wildman–Crippen LogP) is 4.34. The second-order valence-electron chi connectivity index (χ2n) is 6.90. The first kappa shape index (κ1) is 21.3. The SMILES string of the molecule is O=C(O)CCOCCN(c1cc(-n2cncn2)c2cc(Br)c(Cl)c(Cl)c2n1)C1CC1. The lowest BCUT2D eigenvalue weighted by Gasteiger charge is -2.25. The Morgan fingerprint density at radius 1 is 1.30 bits per heavy atom. The molecule has 1 aliphatic rings. The summed E-state index contributed by atoms with van der Waals surface area (Å²) >= 11 is 16.3. The molecule has 0 aliphatic heterocycles. The minimum absolute atomic E-state index is 0.0168. The quantitative estimate of drug-likeness (QED) is 0.335. The van der Waals surface area contributed by atoms with Crippen LogP contribution < -0.4 is 4.90 Å². The summed E-state index contributed by atoms with van der Waals surface area (Å²) in [6.07, 6.45) is 5.18.